The van der Waals surface area contributed by atoms with Crippen molar-refractivity contribution in [2.24, 2.45) is 0 Å². The maximum absolute atomic E-state index is 13.2. The van der Waals surface area contributed by atoms with Gasteiger partial charge in [0.2, 0.25) is 5.95 Å². The van der Waals surface area contributed by atoms with Gasteiger partial charge in [0.1, 0.15) is 11.6 Å². The quantitative estimate of drug-likeness (QED) is 0.566. The summed E-state index contributed by atoms with van der Waals surface area (Å²) in [6.07, 6.45) is -4.90. The predicted molar refractivity (Wildman–Crippen MR) is 101 cm³/mol. The third-order valence-electron chi connectivity index (χ3n) is 3.55. The molecule has 0 bridgehead atoms. The summed E-state index contributed by atoms with van der Waals surface area (Å²) in [6.45, 7) is 0. The van der Waals surface area contributed by atoms with Gasteiger partial charge in [-0.3, -0.25) is 5.32 Å². The second-order valence-corrected chi connectivity index (χ2v) is 7.15. The topological polar surface area (TPSA) is 110 Å². The van der Waals surface area contributed by atoms with Gasteiger partial charge in [-0.25, -0.2) is 23.9 Å². The van der Waals surface area contributed by atoms with E-state index in [0.717, 1.165) is 12.1 Å². The molecule has 3 aromatic rings. The number of alkyl halides is 3. The number of nitrogens with one attached hydrogen (secondary N) is 2. The molecule has 0 unspecified atom stereocenters. The van der Waals surface area contributed by atoms with Gasteiger partial charge in [0, 0.05) is 5.56 Å². The van der Waals surface area contributed by atoms with E-state index in [9.17, 15) is 30.8 Å². The van der Waals surface area contributed by atoms with Crippen LogP contribution in [0, 0.1) is 5.82 Å². The van der Waals surface area contributed by atoms with Crippen LogP contribution >= 0.6 is 0 Å². The van der Waals surface area contributed by atoms with Crippen molar-refractivity contribution in [3.63, 3.8) is 0 Å². The van der Waals surface area contributed by atoms with Crippen molar-refractivity contribution in [1.82, 2.24) is 14.7 Å². The molecule has 1 heterocycles. The number of nitrogens with zero attached hydrogens (tertiary/aromatic N) is 2. The Kier molecular flexibility index (Phi) is 6.06. The largest absolute Gasteiger partial charge is 0.433 e. The first-order valence-electron chi connectivity index (χ1n) is 8.32. The minimum atomic E-state index is -4.90. The number of carbonyl (C=O) groups excluding carboxylic acids is 1. The van der Waals surface area contributed by atoms with Gasteiger partial charge in [-0.15, -0.1) is 0 Å². The lowest BCUT2D eigenvalue weighted by Gasteiger charge is -2.12. The van der Waals surface area contributed by atoms with Gasteiger partial charge in [0.05, 0.1) is 5.69 Å². The third kappa shape index (κ3) is 6.12. The fourth-order valence-electron chi connectivity index (χ4n) is 2.28. The van der Waals surface area contributed by atoms with Crippen molar-refractivity contribution in [2.45, 2.75) is 6.18 Å². The van der Waals surface area contributed by atoms with E-state index >= 15 is 0 Å². The van der Waals surface area contributed by atoms with Crippen LogP contribution in [-0.2, 0) is 16.5 Å². The zero-order valence-electron chi connectivity index (χ0n) is 15.2. The van der Waals surface area contributed by atoms with Crippen LogP contribution in [0.25, 0.3) is 11.3 Å². The monoisotopic (exact) mass is 456 g/mol. The van der Waals surface area contributed by atoms with Crippen LogP contribution in [0.4, 0.5) is 28.3 Å². The number of para-hydroxylation sites is 1. The first-order valence-corrected chi connectivity index (χ1v) is 9.73. The van der Waals surface area contributed by atoms with Crippen LogP contribution < -0.4 is 14.2 Å². The van der Waals surface area contributed by atoms with Gasteiger partial charge < -0.3 is 4.18 Å². The minimum Gasteiger partial charge on any atom is -0.367 e. The van der Waals surface area contributed by atoms with Gasteiger partial charge in [-0.05, 0) is 42.5 Å². The number of amides is 2. The highest BCUT2D eigenvalue weighted by Crippen LogP contribution is 2.31. The van der Waals surface area contributed by atoms with Crippen molar-refractivity contribution < 1.29 is 35.0 Å². The normalized spacial score (nSPS) is 11.6. The van der Waals surface area contributed by atoms with Crippen LogP contribution in [-0.4, -0.2) is 24.4 Å². The van der Waals surface area contributed by atoms with Crippen molar-refractivity contribution in [2.75, 3.05) is 5.32 Å². The van der Waals surface area contributed by atoms with E-state index in [1.165, 1.54) is 41.1 Å². The average Bonchev–Trinajstić information content (AvgIpc) is 2.67. The lowest BCUT2D eigenvalue weighted by Crippen LogP contribution is -2.37. The fourth-order valence-corrected chi connectivity index (χ4v) is 2.97. The number of urea groups is 1. The molecule has 0 spiro atoms. The lowest BCUT2D eigenvalue weighted by molar-refractivity contribution is -0.141. The fraction of sp³-hybridized carbons (Fsp3) is 0.0556. The number of aromatic nitrogens is 2. The molecule has 13 heteroatoms. The molecule has 2 N–H and O–H groups in total. The highest BCUT2D eigenvalue weighted by Gasteiger charge is 2.34. The van der Waals surface area contributed by atoms with E-state index in [0.29, 0.717) is 6.07 Å². The van der Waals surface area contributed by atoms with E-state index in [1.807, 2.05) is 5.32 Å². The molecule has 1 aromatic heterocycles. The van der Waals surface area contributed by atoms with Crippen LogP contribution in [0.1, 0.15) is 5.69 Å². The van der Waals surface area contributed by atoms with Crippen molar-refractivity contribution in [3.05, 3.63) is 72.2 Å². The highest BCUT2D eigenvalue weighted by molar-refractivity contribution is 7.85. The van der Waals surface area contributed by atoms with Crippen molar-refractivity contribution >= 4 is 22.3 Å². The Hall–Kier alpha value is -3.74. The summed E-state index contributed by atoms with van der Waals surface area (Å²) in [6, 6.07) is 10.7. The standard InChI is InChI=1S/C18H12F4N4O4S/c19-12-8-6-11(7-9-12)14-10-15(18(20,21)22)24-16(23-14)25-17(27)26-31(28,29)30-13-4-2-1-3-5-13/h1-10H,(H2,23,24,25,26,27). The number of anilines is 1. The average molecular weight is 456 g/mol. The maximum Gasteiger partial charge on any atom is 0.433 e. The summed E-state index contributed by atoms with van der Waals surface area (Å²) in [7, 11) is -4.64. The third-order valence-corrected chi connectivity index (χ3v) is 4.40. The molecule has 0 aliphatic heterocycles. The molecule has 0 radical (unpaired) electrons. The Morgan fingerprint density at radius 3 is 2.23 bits per heavy atom. The van der Waals surface area contributed by atoms with E-state index in [4.69, 9.17) is 0 Å². The minimum absolute atomic E-state index is 0.100. The maximum atomic E-state index is 13.2. The molecule has 0 aliphatic rings. The van der Waals surface area contributed by atoms with E-state index in [1.54, 1.807) is 6.07 Å². The Morgan fingerprint density at radius 2 is 1.61 bits per heavy atom. The molecule has 8 nitrogen and oxygen atoms in total. The summed E-state index contributed by atoms with van der Waals surface area (Å²) in [4.78, 5) is 18.9. The first kappa shape index (κ1) is 22.0. The summed E-state index contributed by atoms with van der Waals surface area (Å²) >= 11 is 0. The molecule has 0 atom stereocenters. The molecule has 31 heavy (non-hydrogen) atoms. The van der Waals surface area contributed by atoms with Crippen molar-refractivity contribution in [3.8, 4) is 17.0 Å². The number of carbonyl (C=O) groups is 1. The van der Waals surface area contributed by atoms with Gasteiger partial charge in [-0.1, -0.05) is 18.2 Å². The van der Waals surface area contributed by atoms with Gasteiger partial charge >= 0.3 is 22.5 Å². The lowest BCUT2D eigenvalue weighted by atomic mass is 10.1. The van der Waals surface area contributed by atoms with Crippen LogP contribution in [0.5, 0.6) is 5.75 Å². The Bertz CT molecular complexity index is 1190. The Morgan fingerprint density at radius 1 is 0.968 bits per heavy atom. The number of benzene rings is 2. The molecule has 0 saturated carbocycles. The number of hydrogen-bond acceptors (Lipinski definition) is 6. The first-order chi connectivity index (χ1) is 14.5. The molecule has 0 fully saturated rings. The van der Waals surface area contributed by atoms with Gasteiger partial charge in [-0.2, -0.15) is 21.6 Å². The number of hydrogen-bond donors (Lipinski definition) is 2. The Labute approximate surface area is 173 Å². The van der Waals surface area contributed by atoms with E-state index in [2.05, 4.69) is 14.2 Å². The second kappa shape index (κ2) is 8.55. The van der Waals surface area contributed by atoms with Crippen molar-refractivity contribution in [1.29, 1.82) is 0 Å². The molecular formula is C18H12F4N4O4S. The SMILES string of the molecule is O=C(Nc1nc(-c2ccc(F)cc2)cc(C(F)(F)F)n1)NS(=O)(=O)Oc1ccccc1. The smallest absolute Gasteiger partial charge is 0.367 e. The van der Waals surface area contributed by atoms with Crippen LogP contribution in [0.15, 0.2) is 60.7 Å². The molecule has 162 valence electrons. The predicted octanol–water partition coefficient (Wildman–Crippen LogP) is 3.75. The second-order valence-electron chi connectivity index (χ2n) is 5.87. The zero-order chi connectivity index (χ0) is 22.6. The number of halogens is 4. The van der Waals surface area contributed by atoms with E-state index < -0.39 is 40.0 Å². The molecular weight excluding hydrogens is 444 g/mol. The van der Waals surface area contributed by atoms with Crippen LogP contribution in [0.2, 0.25) is 0 Å². The molecule has 2 aromatic carbocycles. The summed E-state index contributed by atoms with van der Waals surface area (Å²) in [5, 5.41) is 1.81. The van der Waals surface area contributed by atoms with Gasteiger partial charge in [0.15, 0.2) is 5.69 Å². The summed E-state index contributed by atoms with van der Waals surface area (Å²) in [5.41, 5.74) is -1.57. The number of rotatable bonds is 5. The van der Waals surface area contributed by atoms with Crippen LogP contribution in [0.3, 0.4) is 0 Å². The molecule has 2 amide bonds. The molecule has 0 saturated heterocycles. The summed E-state index contributed by atoms with van der Waals surface area (Å²) < 4.78 is 82.5. The molecule has 3 rings (SSSR count). The zero-order valence-corrected chi connectivity index (χ0v) is 16.0. The van der Waals surface area contributed by atoms with E-state index in [-0.39, 0.29) is 17.0 Å². The van der Waals surface area contributed by atoms with Gasteiger partial charge in [0.25, 0.3) is 0 Å². The molecule has 0 aliphatic carbocycles. The highest BCUT2D eigenvalue weighted by atomic mass is 32.2. The summed E-state index contributed by atoms with van der Waals surface area (Å²) in [5.74, 6) is -1.55. The Balaban J connectivity index is 1.83.